The minimum absolute atomic E-state index is 0.109. The zero-order valence-electron chi connectivity index (χ0n) is 13.9. The molecule has 0 bridgehead atoms. The number of hydrogen-bond acceptors (Lipinski definition) is 3. The number of benzene rings is 2. The molecule has 1 aliphatic rings. The van der Waals surface area contributed by atoms with E-state index in [0.29, 0.717) is 30.1 Å². The predicted octanol–water partition coefficient (Wildman–Crippen LogP) is 3.52. The highest BCUT2D eigenvalue weighted by atomic mass is 35.5. The van der Waals surface area contributed by atoms with Crippen molar-refractivity contribution in [3.63, 3.8) is 0 Å². The van der Waals surface area contributed by atoms with Gasteiger partial charge in [-0.3, -0.25) is 4.79 Å². The van der Waals surface area contributed by atoms with Crippen molar-refractivity contribution < 1.29 is 17.6 Å². The van der Waals surface area contributed by atoms with Crippen LogP contribution in [0.4, 0.5) is 10.1 Å². The van der Waals surface area contributed by atoms with Crippen LogP contribution in [0.25, 0.3) is 0 Å². The SMILES string of the molecule is O=C(Nc1ccc(F)cc1)[C@H]1CCCN(S(=O)(=O)c2ccc(Cl)cc2)C1. The molecule has 138 valence electrons. The van der Waals surface area contributed by atoms with Crippen LogP contribution in [0.15, 0.2) is 53.4 Å². The Kier molecular flexibility index (Phi) is 5.60. The Morgan fingerprint density at radius 2 is 1.77 bits per heavy atom. The van der Waals surface area contributed by atoms with Crippen molar-refractivity contribution >= 4 is 33.2 Å². The summed E-state index contributed by atoms with van der Waals surface area (Å²) in [6.07, 6.45) is 1.19. The summed E-state index contributed by atoms with van der Waals surface area (Å²) >= 11 is 5.81. The molecular weight excluding hydrogens is 379 g/mol. The van der Waals surface area contributed by atoms with Crippen molar-refractivity contribution in [1.82, 2.24) is 4.31 Å². The first-order valence-electron chi connectivity index (χ1n) is 8.18. The number of nitrogens with one attached hydrogen (secondary N) is 1. The van der Waals surface area contributed by atoms with E-state index in [1.807, 2.05) is 0 Å². The molecule has 1 heterocycles. The maximum absolute atomic E-state index is 13.0. The second kappa shape index (κ2) is 7.73. The monoisotopic (exact) mass is 396 g/mol. The molecule has 1 atom stereocenters. The first-order chi connectivity index (χ1) is 12.4. The number of piperidine rings is 1. The summed E-state index contributed by atoms with van der Waals surface area (Å²) in [7, 11) is -3.68. The van der Waals surface area contributed by atoms with Gasteiger partial charge in [0.25, 0.3) is 0 Å². The molecule has 5 nitrogen and oxygen atoms in total. The highest BCUT2D eigenvalue weighted by Crippen LogP contribution is 2.25. The van der Waals surface area contributed by atoms with Crippen molar-refractivity contribution in [3.05, 3.63) is 59.4 Å². The highest BCUT2D eigenvalue weighted by Gasteiger charge is 2.33. The summed E-state index contributed by atoms with van der Waals surface area (Å²) in [4.78, 5) is 12.6. The molecule has 2 aromatic carbocycles. The third-order valence-electron chi connectivity index (χ3n) is 4.32. The maximum Gasteiger partial charge on any atom is 0.243 e. The van der Waals surface area contributed by atoms with Crippen LogP contribution in [0.2, 0.25) is 5.02 Å². The zero-order chi connectivity index (χ0) is 18.7. The number of amides is 1. The molecular formula is C18H18ClFN2O3S. The fraction of sp³-hybridized carbons (Fsp3) is 0.278. The van der Waals surface area contributed by atoms with Crippen LogP contribution in [0.3, 0.4) is 0 Å². The number of anilines is 1. The third kappa shape index (κ3) is 4.23. The summed E-state index contributed by atoms with van der Waals surface area (Å²) < 4.78 is 39.8. The predicted molar refractivity (Wildman–Crippen MR) is 98.0 cm³/mol. The lowest BCUT2D eigenvalue weighted by Gasteiger charge is -2.31. The van der Waals surface area contributed by atoms with Crippen LogP contribution in [0.5, 0.6) is 0 Å². The first-order valence-corrected chi connectivity index (χ1v) is 10.0. The Hall–Kier alpha value is -1.96. The van der Waals surface area contributed by atoms with Gasteiger partial charge in [0.1, 0.15) is 5.82 Å². The van der Waals surface area contributed by atoms with Gasteiger partial charge in [-0.05, 0) is 61.4 Å². The molecule has 0 unspecified atom stereocenters. The number of sulfonamides is 1. The zero-order valence-corrected chi connectivity index (χ0v) is 15.4. The largest absolute Gasteiger partial charge is 0.326 e. The molecule has 0 radical (unpaired) electrons. The first kappa shape index (κ1) is 18.8. The van der Waals surface area contributed by atoms with Crippen molar-refractivity contribution in [2.45, 2.75) is 17.7 Å². The van der Waals surface area contributed by atoms with Gasteiger partial charge in [-0.1, -0.05) is 11.6 Å². The van der Waals surface area contributed by atoms with Gasteiger partial charge in [0.2, 0.25) is 15.9 Å². The topological polar surface area (TPSA) is 66.5 Å². The van der Waals surface area contributed by atoms with Crippen molar-refractivity contribution in [3.8, 4) is 0 Å². The van der Waals surface area contributed by atoms with E-state index in [9.17, 15) is 17.6 Å². The Balaban J connectivity index is 1.71. The van der Waals surface area contributed by atoms with Gasteiger partial charge < -0.3 is 5.32 Å². The molecule has 0 spiro atoms. The summed E-state index contributed by atoms with van der Waals surface area (Å²) in [6.45, 7) is 0.475. The lowest BCUT2D eigenvalue weighted by atomic mass is 9.99. The quantitative estimate of drug-likeness (QED) is 0.859. The molecule has 0 aliphatic carbocycles. The van der Waals surface area contributed by atoms with E-state index in [1.54, 1.807) is 0 Å². The Morgan fingerprint density at radius 1 is 1.12 bits per heavy atom. The molecule has 26 heavy (non-hydrogen) atoms. The van der Waals surface area contributed by atoms with E-state index < -0.39 is 15.9 Å². The standard InChI is InChI=1S/C18H18ClFN2O3S/c19-14-3-9-17(10-4-14)26(24,25)22-11-1-2-13(12-22)18(23)21-16-7-5-15(20)6-8-16/h3-10,13H,1-2,11-12H2,(H,21,23)/t13-/m0/s1. The molecule has 1 fully saturated rings. The normalized spacial score (nSPS) is 18.5. The summed E-state index contributed by atoms with van der Waals surface area (Å²) in [5.74, 6) is -1.12. The van der Waals surface area contributed by atoms with Crippen LogP contribution in [0.1, 0.15) is 12.8 Å². The van der Waals surface area contributed by atoms with Gasteiger partial charge in [-0.15, -0.1) is 0 Å². The molecule has 0 aromatic heterocycles. The Bertz CT molecular complexity index is 886. The average Bonchev–Trinajstić information content (AvgIpc) is 2.64. The van der Waals surface area contributed by atoms with Crippen LogP contribution in [-0.2, 0) is 14.8 Å². The molecule has 8 heteroatoms. The molecule has 1 amide bonds. The smallest absolute Gasteiger partial charge is 0.243 e. The number of carbonyl (C=O) groups is 1. The minimum Gasteiger partial charge on any atom is -0.326 e. The average molecular weight is 397 g/mol. The molecule has 3 rings (SSSR count). The molecule has 1 N–H and O–H groups in total. The second-order valence-corrected chi connectivity index (χ2v) is 8.53. The van der Waals surface area contributed by atoms with E-state index >= 15 is 0 Å². The van der Waals surface area contributed by atoms with Crippen LogP contribution >= 0.6 is 11.6 Å². The molecule has 0 saturated carbocycles. The van der Waals surface area contributed by atoms with Gasteiger partial charge in [0, 0.05) is 23.8 Å². The van der Waals surface area contributed by atoms with Crippen LogP contribution in [-0.4, -0.2) is 31.7 Å². The number of hydrogen-bond donors (Lipinski definition) is 1. The van der Waals surface area contributed by atoms with Crippen LogP contribution < -0.4 is 5.32 Å². The number of rotatable bonds is 4. The maximum atomic E-state index is 13.0. The molecule has 1 aliphatic heterocycles. The van der Waals surface area contributed by atoms with E-state index in [-0.39, 0.29) is 23.2 Å². The third-order valence-corrected chi connectivity index (χ3v) is 6.45. The molecule has 1 saturated heterocycles. The summed E-state index contributed by atoms with van der Waals surface area (Å²) in [5, 5.41) is 3.17. The van der Waals surface area contributed by atoms with Crippen molar-refractivity contribution in [2.75, 3.05) is 18.4 Å². The van der Waals surface area contributed by atoms with Gasteiger partial charge >= 0.3 is 0 Å². The minimum atomic E-state index is -3.68. The Labute approximate surface area is 156 Å². The fourth-order valence-corrected chi connectivity index (χ4v) is 4.56. The van der Waals surface area contributed by atoms with Crippen molar-refractivity contribution in [1.29, 1.82) is 0 Å². The van der Waals surface area contributed by atoms with E-state index in [2.05, 4.69) is 5.32 Å². The number of halogens is 2. The lowest BCUT2D eigenvalue weighted by Crippen LogP contribution is -2.43. The number of carbonyl (C=O) groups excluding carboxylic acids is 1. The lowest BCUT2D eigenvalue weighted by molar-refractivity contribution is -0.120. The van der Waals surface area contributed by atoms with E-state index in [1.165, 1.54) is 52.8 Å². The van der Waals surface area contributed by atoms with Gasteiger partial charge in [-0.25, -0.2) is 12.8 Å². The van der Waals surface area contributed by atoms with Crippen LogP contribution in [0, 0.1) is 11.7 Å². The van der Waals surface area contributed by atoms with E-state index in [0.717, 1.165) is 0 Å². The Morgan fingerprint density at radius 3 is 2.42 bits per heavy atom. The van der Waals surface area contributed by atoms with Gasteiger partial charge in [0.15, 0.2) is 0 Å². The molecule has 2 aromatic rings. The number of nitrogens with zero attached hydrogens (tertiary/aromatic N) is 1. The highest BCUT2D eigenvalue weighted by molar-refractivity contribution is 7.89. The van der Waals surface area contributed by atoms with Gasteiger partial charge in [0.05, 0.1) is 10.8 Å². The van der Waals surface area contributed by atoms with E-state index in [4.69, 9.17) is 11.6 Å². The van der Waals surface area contributed by atoms with Gasteiger partial charge in [-0.2, -0.15) is 4.31 Å². The second-order valence-electron chi connectivity index (χ2n) is 6.15. The van der Waals surface area contributed by atoms with Crippen molar-refractivity contribution in [2.24, 2.45) is 5.92 Å². The fourth-order valence-electron chi connectivity index (χ4n) is 2.91. The summed E-state index contributed by atoms with van der Waals surface area (Å²) in [5.41, 5.74) is 0.481. The summed E-state index contributed by atoms with van der Waals surface area (Å²) in [6, 6.07) is 11.4.